The van der Waals surface area contributed by atoms with E-state index in [9.17, 15) is 9.59 Å². The van der Waals surface area contributed by atoms with E-state index in [2.05, 4.69) is 21.2 Å². The largest absolute Gasteiger partial charge is 0.462 e. The van der Waals surface area contributed by atoms with Gasteiger partial charge in [0.05, 0.1) is 11.5 Å². The van der Waals surface area contributed by atoms with E-state index in [1.54, 1.807) is 13.0 Å². The Morgan fingerprint density at radius 3 is 2.56 bits per heavy atom. The van der Waals surface area contributed by atoms with E-state index in [-0.39, 0.29) is 12.5 Å². The molecule has 2 heterocycles. The van der Waals surface area contributed by atoms with Crippen molar-refractivity contribution in [1.29, 1.82) is 0 Å². The van der Waals surface area contributed by atoms with Gasteiger partial charge in [-0.05, 0) is 36.1 Å². The Balaban J connectivity index is 1.99. The van der Waals surface area contributed by atoms with Crippen molar-refractivity contribution in [1.82, 2.24) is 0 Å². The van der Waals surface area contributed by atoms with Crippen LogP contribution in [0.15, 0.2) is 51.6 Å². The third-order valence-corrected chi connectivity index (χ3v) is 5.69. The van der Waals surface area contributed by atoms with Crippen LogP contribution < -0.4 is 5.32 Å². The van der Waals surface area contributed by atoms with Crippen molar-refractivity contribution >= 4 is 55.5 Å². The Hall–Kier alpha value is -1.96. The fraction of sp³-hybridized carbons (Fsp3) is 0.111. The lowest BCUT2D eigenvalue weighted by molar-refractivity contribution is 0.0529. The average molecular weight is 436 g/mol. The standard InChI is InChI=1S/C18H14BrNO3S2/c1-2-23-18(22)15-13(11-5-7-12(19)8-6-11)10-25-17(15)20-16(21)14-4-3-9-24-14/h3-10H,2H2,1H3,(H,20,21). The van der Waals surface area contributed by atoms with E-state index >= 15 is 0 Å². The molecule has 0 saturated carbocycles. The van der Waals surface area contributed by atoms with Crippen molar-refractivity contribution in [2.45, 2.75) is 6.92 Å². The quantitative estimate of drug-likeness (QED) is 0.525. The number of carbonyl (C=O) groups is 2. The SMILES string of the molecule is CCOC(=O)c1c(-c2ccc(Br)cc2)csc1NC(=O)c1cccs1. The van der Waals surface area contributed by atoms with Gasteiger partial charge in [0.15, 0.2) is 0 Å². The number of benzene rings is 1. The van der Waals surface area contributed by atoms with Crippen LogP contribution in [0.2, 0.25) is 0 Å². The molecule has 25 heavy (non-hydrogen) atoms. The first-order chi connectivity index (χ1) is 12.1. The van der Waals surface area contributed by atoms with Gasteiger partial charge in [-0.2, -0.15) is 0 Å². The Labute approximate surface area is 161 Å². The zero-order valence-corrected chi connectivity index (χ0v) is 16.5. The minimum atomic E-state index is -0.442. The number of anilines is 1. The maximum atomic E-state index is 12.5. The first-order valence-corrected chi connectivity index (χ1v) is 10.0. The third-order valence-electron chi connectivity index (χ3n) is 3.40. The summed E-state index contributed by atoms with van der Waals surface area (Å²) in [6, 6.07) is 11.2. The van der Waals surface area contributed by atoms with E-state index in [1.807, 2.05) is 41.1 Å². The highest BCUT2D eigenvalue weighted by Crippen LogP contribution is 2.37. The zero-order chi connectivity index (χ0) is 17.8. The number of amides is 1. The zero-order valence-electron chi connectivity index (χ0n) is 13.2. The van der Waals surface area contributed by atoms with E-state index in [0.717, 1.165) is 15.6 Å². The molecule has 3 aromatic rings. The van der Waals surface area contributed by atoms with Crippen molar-refractivity contribution in [2.75, 3.05) is 11.9 Å². The van der Waals surface area contributed by atoms with Crippen molar-refractivity contribution in [3.05, 3.63) is 62.1 Å². The molecule has 0 aliphatic carbocycles. The summed E-state index contributed by atoms with van der Waals surface area (Å²) >= 11 is 6.07. The topological polar surface area (TPSA) is 55.4 Å². The summed E-state index contributed by atoms with van der Waals surface area (Å²) in [5, 5.41) is 7.03. The molecule has 1 aromatic carbocycles. The lowest BCUT2D eigenvalue weighted by Gasteiger charge is -2.08. The van der Waals surface area contributed by atoms with Crippen molar-refractivity contribution in [3.8, 4) is 11.1 Å². The Kier molecular flexibility index (Phi) is 5.67. The molecular weight excluding hydrogens is 422 g/mol. The molecule has 2 aromatic heterocycles. The number of esters is 1. The molecule has 1 amide bonds. The van der Waals surface area contributed by atoms with Gasteiger partial charge in [-0.15, -0.1) is 22.7 Å². The normalized spacial score (nSPS) is 10.5. The summed E-state index contributed by atoms with van der Waals surface area (Å²) in [4.78, 5) is 25.4. The molecule has 0 atom stereocenters. The summed E-state index contributed by atoms with van der Waals surface area (Å²) in [5.74, 6) is -0.673. The smallest absolute Gasteiger partial charge is 0.341 e. The molecule has 1 N–H and O–H groups in total. The van der Waals surface area contributed by atoms with Crippen LogP contribution in [0.5, 0.6) is 0 Å². The second-order valence-electron chi connectivity index (χ2n) is 5.01. The number of carbonyl (C=O) groups excluding carboxylic acids is 2. The predicted molar refractivity (Wildman–Crippen MR) is 106 cm³/mol. The van der Waals surface area contributed by atoms with Crippen LogP contribution in [0.1, 0.15) is 27.0 Å². The van der Waals surface area contributed by atoms with Gasteiger partial charge in [-0.3, -0.25) is 4.79 Å². The van der Waals surface area contributed by atoms with Crippen LogP contribution in [-0.2, 0) is 4.74 Å². The lowest BCUT2D eigenvalue weighted by atomic mass is 10.0. The first kappa shape index (κ1) is 17.8. The number of rotatable bonds is 5. The molecular formula is C18H14BrNO3S2. The van der Waals surface area contributed by atoms with Crippen LogP contribution in [0.25, 0.3) is 11.1 Å². The highest BCUT2D eigenvalue weighted by Gasteiger charge is 2.23. The first-order valence-electron chi connectivity index (χ1n) is 7.49. The molecule has 3 rings (SSSR count). The van der Waals surface area contributed by atoms with Crippen molar-refractivity contribution < 1.29 is 14.3 Å². The summed E-state index contributed by atoms with van der Waals surface area (Å²) in [5.41, 5.74) is 2.02. The van der Waals surface area contributed by atoms with Gasteiger partial charge in [-0.25, -0.2) is 4.79 Å². The van der Waals surface area contributed by atoms with Crippen molar-refractivity contribution in [2.24, 2.45) is 0 Å². The van der Waals surface area contributed by atoms with Crippen LogP contribution in [-0.4, -0.2) is 18.5 Å². The van der Waals surface area contributed by atoms with E-state index in [4.69, 9.17) is 4.74 Å². The number of ether oxygens (including phenoxy) is 1. The highest BCUT2D eigenvalue weighted by molar-refractivity contribution is 9.10. The molecule has 0 saturated heterocycles. The maximum absolute atomic E-state index is 12.5. The van der Waals surface area contributed by atoms with Crippen LogP contribution in [0.3, 0.4) is 0 Å². The van der Waals surface area contributed by atoms with Crippen molar-refractivity contribution in [3.63, 3.8) is 0 Å². The summed E-state index contributed by atoms with van der Waals surface area (Å²) < 4.78 is 6.15. The fourth-order valence-corrected chi connectivity index (χ4v) is 4.11. The molecule has 0 spiro atoms. The summed E-state index contributed by atoms with van der Waals surface area (Å²) in [6.07, 6.45) is 0. The molecule has 4 nitrogen and oxygen atoms in total. The van der Waals surface area contributed by atoms with Crippen LogP contribution in [0, 0.1) is 0 Å². The minimum absolute atomic E-state index is 0.232. The van der Waals surface area contributed by atoms with Crippen LogP contribution >= 0.6 is 38.6 Å². The molecule has 0 radical (unpaired) electrons. The monoisotopic (exact) mass is 435 g/mol. The van der Waals surface area contributed by atoms with Gasteiger partial charge in [0.2, 0.25) is 0 Å². The minimum Gasteiger partial charge on any atom is -0.462 e. The Morgan fingerprint density at radius 1 is 1.16 bits per heavy atom. The van der Waals surface area contributed by atoms with E-state index in [1.165, 1.54) is 22.7 Å². The molecule has 0 unspecified atom stereocenters. The molecule has 7 heteroatoms. The molecule has 0 aliphatic heterocycles. The van der Waals surface area contributed by atoms with Gasteiger partial charge in [-0.1, -0.05) is 34.1 Å². The number of thiophene rings is 2. The lowest BCUT2D eigenvalue weighted by Crippen LogP contribution is -2.13. The number of nitrogens with one attached hydrogen (secondary N) is 1. The van der Waals surface area contributed by atoms with Crippen LogP contribution in [0.4, 0.5) is 5.00 Å². The van der Waals surface area contributed by atoms with Gasteiger partial charge in [0, 0.05) is 15.4 Å². The molecule has 0 aliphatic rings. The third kappa shape index (κ3) is 4.00. The predicted octanol–water partition coefficient (Wildman–Crippen LogP) is 5.67. The molecule has 0 fully saturated rings. The number of hydrogen-bond acceptors (Lipinski definition) is 5. The molecule has 0 bridgehead atoms. The second-order valence-corrected chi connectivity index (χ2v) is 7.76. The van der Waals surface area contributed by atoms with E-state index in [0.29, 0.717) is 15.4 Å². The maximum Gasteiger partial charge on any atom is 0.341 e. The second kappa shape index (κ2) is 7.95. The van der Waals surface area contributed by atoms with Gasteiger partial charge in [0.1, 0.15) is 10.6 Å². The Morgan fingerprint density at radius 2 is 1.92 bits per heavy atom. The summed E-state index contributed by atoms with van der Waals surface area (Å²) in [6.45, 7) is 2.03. The number of hydrogen-bond donors (Lipinski definition) is 1. The average Bonchev–Trinajstić information content (AvgIpc) is 3.25. The van der Waals surface area contributed by atoms with Gasteiger partial charge in [0.25, 0.3) is 5.91 Å². The van der Waals surface area contributed by atoms with E-state index < -0.39 is 5.97 Å². The van der Waals surface area contributed by atoms with Gasteiger partial charge < -0.3 is 10.1 Å². The molecule has 128 valence electrons. The Bertz CT molecular complexity index is 886. The number of halogens is 1. The fourth-order valence-electron chi connectivity index (χ4n) is 2.27. The highest BCUT2D eigenvalue weighted by atomic mass is 79.9. The summed E-state index contributed by atoms with van der Waals surface area (Å²) in [7, 11) is 0. The van der Waals surface area contributed by atoms with Gasteiger partial charge >= 0.3 is 5.97 Å².